The molecule has 1 aromatic rings. The molecule has 0 aliphatic rings. The highest BCUT2D eigenvalue weighted by Crippen LogP contribution is 2.28. The molecule has 3 nitrogen and oxygen atoms in total. The summed E-state index contributed by atoms with van der Waals surface area (Å²) in [5.74, 6) is 0.249. The monoisotopic (exact) mass is 273 g/mol. The molecule has 0 saturated heterocycles. The van der Waals surface area contributed by atoms with Gasteiger partial charge in [-0.15, -0.1) is 12.4 Å². The molecule has 1 rings (SSSR count). The predicted octanol–water partition coefficient (Wildman–Crippen LogP) is 2.98. The van der Waals surface area contributed by atoms with E-state index in [9.17, 15) is 10.2 Å². The Morgan fingerprint density at radius 1 is 1.22 bits per heavy atom. The number of nitrogens with two attached hydrogens (primary N) is 1. The van der Waals surface area contributed by atoms with E-state index in [-0.39, 0.29) is 24.2 Å². The lowest BCUT2D eigenvalue weighted by Gasteiger charge is -2.23. The van der Waals surface area contributed by atoms with Crippen molar-refractivity contribution in [1.82, 2.24) is 0 Å². The highest BCUT2D eigenvalue weighted by atomic mass is 35.5. The number of aliphatic hydroxyl groups is 1. The fourth-order valence-corrected chi connectivity index (χ4v) is 2.26. The van der Waals surface area contributed by atoms with Crippen molar-refractivity contribution in [3.8, 4) is 5.75 Å². The number of rotatable bonds is 5. The van der Waals surface area contributed by atoms with Gasteiger partial charge in [0.25, 0.3) is 0 Å². The maximum absolute atomic E-state index is 10.0. The number of phenols is 1. The molecule has 0 bridgehead atoms. The molecule has 0 amide bonds. The minimum absolute atomic E-state index is 0. The van der Waals surface area contributed by atoms with Gasteiger partial charge >= 0.3 is 0 Å². The van der Waals surface area contributed by atoms with Crippen LogP contribution in [0.5, 0.6) is 5.75 Å². The quantitative estimate of drug-likeness (QED) is 0.773. The fourth-order valence-electron chi connectivity index (χ4n) is 2.26. The van der Waals surface area contributed by atoms with E-state index in [4.69, 9.17) is 5.73 Å². The lowest BCUT2D eigenvalue weighted by atomic mass is 9.91. The Balaban J connectivity index is 0.00000289. The zero-order valence-corrected chi connectivity index (χ0v) is 12.1. The van der Waals surface area contributed by atoms with E-state index in [1.54, 1.807) is 12.1 Å². The topological polar surface area (TPSA) is 66.5 Å². The van der Waals surface area contributed by atoms with Crippen LogP contribution in [0.1, 0.15) is 48.9 Å². The summed E-state index contributed by atoms with van der Waals surface area (Å²) < 4.78 is 0. The summed E-state index contributed by atoms with van der Waals surface area (Å²) >= 11 is 0. The third kappa shape index (κ3) is 4.16. The van der Waals surface area contributed by atoms with Crippen LogP contribution in [-0.2, 0) is 0 Å². The summed E-state index contributed by atoms with van der Waals surface area (Å²) in [6, 6.07) is 3.01. The average Bonchev–Trinajstić information content (AvgIpc) is 2.24. The van der Waals surface area contributed by atoms with Gasteiger partial charge in [0.05, 0.1) is 12.1 Å². The second-order valence-electron chi connectivity index (χ2n) is 4.73. The van der Waals surface area contributed by atoms with Gasteiger partial charge in [0, 0.05) is 0 Å². The normalized spacial score (nSPS) is 13.8. The second-order valence-corrected chi connectivity index (χ2v) is 4.73. The molecule has 0 saturated carbocycles. The fraction of sp³-hybridized carbons (Fsp3) is 0.571. The molecular weight excluding hydrogens is 250 g/mol. The van der Waals surface area contributed by atoms with Gasteiger partial charge < -0.3 is 15.9 Å². The van der Waals surface area contributed by atoms with Gasteiger partial charge in [-0.1, -0.05) is 19.8 Å². The summed E-state index contributed by atoms with van der Waals surface area (Å²) in [6.07, 6.45) is 2.23. The van der Waals surface area contributed by atoms with E-state index in [1.807, 2.05) is 13.8 Å². The van der Waals surface area contributed by atoms with E-state index in [0.29, 0.717) is 0 Å². The van der Waals surface area contributed by atoms with Crippen LogP contribution in [0.25, 0.3) is 0 Å². The van der Waals surface area contributed by atoms with Crippen molar-refractivity contribution in [1.29, 1.82) is 0 Å². The third-order valence-electron chi connectivity index (χ3n) is 3.18. The first-order chi connectivity index (χ1) is 7.97. The summed E-state index contributed by atoms with van der Waals surface area (Å²) in [7, 11) is 0. The molecule has 18 heavy (non-hydrogen) atoms. The number of unbranched alkanes of at least 4 members (excludes halogenated alkanes) is 1. The number of aromatic hydroxyl groups is 1. The minimum Gasteiger partial charge on any atom is -0.508 e. The SMILES string of the molecule is CCCC[C@@H](O)[C@@H](N)c1c(C)cc(O)cc1C.Cl. The van der Waals surface area contributed by atoms with Gasteiger partial charge in [-0.25, -0.2) is 0 Å². The molecule has 0 spiro atoms. The Hall–Kier alpha value is -0.770. The Morgan fingerprint density at radius 2 is 1.72 bits per heavy atom. The van der Waals surface area contributed by atoms with Crippen molar-refractivity contribution in [3.05, 3.63) is 28.8 Å². The van der Waals surface area contributed by atoms with Crippen LogP contribution in [0.4, 0.5) is 0 Å². The molecule has 0 aliphatic carbocycles. The van der Waals surface area contributed by atoms with Crippen molar-refractivity contribution in [2.75, 3.05) is 0 Å². The average molecular weight is 274 g/mol. The van der Waals surface area contributed by atoms with Crippen LogP contribution in [0, 0.1) is 13.8 Å². The maximum atomic E-state index is 10.0. The molecule has 0 heterocycles. The van der Waals surface area contributed by atoms with Gasteiger partial charge in [-0.2, -0.15) is 0 Å². The highest BCUT2D eigenvalue weighted by Gasteiger charge is 2.20. The lowest BCUT2D eigenvalue weighted by Crippen LogP contribution is -2.27. The van der Waals surface area contributed by atoms with Gasteiger partial charge in [-0.05, 0) is 49.1 Å². The van der Waals surface area contributed by atoms with Crippen molar-refractivity contribution in [3.63, 3.8) is 0 Å². The minimum atomic E-state index is -0.517. The summed E-state index contributed by atoms with van der Waals surface area (Å²) in [5.41, 5.74) is 8.92. The van der Waals surface area contributed by atoms with Crippen LogP contribution < -0.4 is 5.73 Å². The van der Waals surface area contributed by atoms with Gasteiger partial charge in [-0.3, -0.25) is 0 Å². The Bertz CT molecular complexity index is 359. The standard InChI is InChI=1S/C14H23NO2.ClH/c1-4-5-6-12(17)14(15)13-9(2)7-11(16)8-10(13)3;/h7-8,12,14,16-17H,4-6,15H2,1-3H3;1H/t12-,14-;/m1./s1. The Kier molecular flexibility index (Phi) is 7.29. The molecule has 4 heteroatoms. The molecule has 4 N–H and O–H groups in total. The first-order valence-corrected chi connectivity index (χ1v) is 6.21. The molecule has 0 aromatic heterocycles. The Labute approximate surface area is 115 Å². The molecular formula is C14H24ClNO2. The van der Waals surface area contributed by atoms with E-state index in [1.165, 1.54) is 0 Å². The molecule has 0 radical (unpaired) electrons. The number of phenolic OH excluding ortho intramolecular Hbond substituents is 1. The molecule has 0 aliphatic heterocycles. The maximum Gasteiger partial charge on any atom is 0.116 e. The van der Waals surface area contributed by atoms with Gasteiger partial charge in [0.15, 0.2) is 0 Å². The van der Waals surface area contributed by atoms with Crippen molar-refractivity contribution in [2.24, 2.45) is 5.73 Å². The smallest absolute Gasteiger partial charge is 0.116 e. The van der Waals surface area contributed by atoms with Gasteiger partial charge in [0.2, 0.25) is 0 Å². The Morgan fingerprint density at radius 3 is 2.17 bits per heavy atom. The van der Waals surface area contributed by atoms with Gasteiger partial charge in [0.1, 0.15) is 5.75 Å². The van der Waals surface area contributed by atoms with Crippen LogP contribution in [0.3, 0.4) is 0 Å². The molecule has 0 unspecified atom stereocenters. The summed E-state index contributed by atoms with van der Waals surface area (Å²) in [6.45, 7) is 5.91. The summed E-state index contributed by atoms with van der Waals surface area (Å²) in [5, 5.41) is 19.5. The predicted molar refractivity (Wildman–Crippen MR) is 77.3 cm³/mol. The van der Waals surface area contributed by atoms with Crippen molar-refractivity contribution in [2.45, 2.75) is 52.2 Å². The number of hydrogen-bond acceptors (Lipinski definition) is 3. The largest absolute Gasteiger partial charge is 0.508 e. The van der Waals surface area contributed by atoms with Crippen LogP contribution in [0.2, 0.25) is 0 Å². The second kappa shape index (κ2) is 7.62. The highest BCUT2D eigenvalue weighted by molar-refractivity contribution is 5.85. The number of hydrogen-bond donors (Lipinski definition) is 3. The van der Waals surface area contributed by atoms with E-state index in [0.717, 1.165) is 36.0 Å². The zero-order valence-electron chi connectivity index (χ0n) is 11.3. The number of halogens is 1. The van der Waals surface area contributed by atoms with Crippen LogP contribution in [0.15, 0.2) is 12.1 Å². The van der Waals surface area contributed by atoms with E-state index < -0.39 is 6.10 Å². The van der Waals surface area contributed by atoms with E-state index >= 15 is 0 Å². The molecule has 1 aromatic carbocycles. The first kappa shape index (κ1) is 17.2. The lowest BCUT2D eigenvalue weighted by molar-refractivity contribution is 0.132. The van der Waals surface area contributed by atoms with Crippen molar-refractivity contribution < 1.29 is 10.2 Å². The van der Waals surface area contributed by atoms with Crippen molar-refractivity contribution >= 4 is 12.4 Å². The van der Waals surface area contributed by atoms with Crippen LogP contribution >= 0.6 is 12.4 Å². The number of aliphatic hydroxyl groups excluding tert-OH is 1. The number of benzene rings is 1. The molecule has 0 fully saturated rings. The molecule has 104 valence electrons. The van der Waals surface area contributed by atoms with E-state index in [2.05, 4.69) is 6.92 Å². The third-order valence-corrected chi connectivity index (χ3v) is 3.18. The van der Waals surface area contributed by atoms with Crippen LogP contribution in [-0.4, -0.2) is 16.3 Å². The molecule has 2 atom stereocenters. The zero-order chi connectivity index (χ0) is 13.0. The summed E-state index contributed by atoms with van der Waals surface area (Å²) in [4.78, 5) is 0. The first-order valence-electron chi connectivity index (χ1n) is 6.21. The number of aryl methyl sites for hydroxylation is 2.